The highest BCUT2D eigenvalue weighted by molar-refractivity contribution is 7.90. The lowest BCUT2D eigenvalue weighted by Gasteiger charge is -2.37. The van der Waals surface area contributed by atoms with E-state index in [0.717, 1.165) is 24.8 Å². The summed E-state index contributed by atoms with van der Waals surface area (Å²) in [5.74, 6) is 0.742. The molecule has 2 saturated carbocycles. The maximum atomic E-state index is 13.3. The number of fused-ring (bicyclic) bond motifs is 1. The fourth-order valence-electron chi connectivity index (χ4n) is 6.15. The quantitative estimate of drug-likeness (QED) is 0.784. The Bertz CT molecular complexity index is 931. The summed E-state index contributed by atoms with van der Waals surface area (Å²) in [6, 6.07) is 2.67. The Kier molecular flexibility index (Phi) is 3.37. The van der Waals surface area contributed by atoms with Crippen LogP contribution >= 0.6 is 0 Å². The highest BCUT2D eigenvalue weighted by Crippen LogP contribution is 2.70. The maximum Gasteiger partial charge on any atom is 0.255 e. The number of hydrogen-bond donors (Lipinski definition) is 1. The van der Waals surface area contributed by atoms with Gasteiger partial charge in [0.25, 0.3) is 5.91 Å². The Morgan fingerprint density at radius 3 is 2.89 bits per heavy atom. The predicted molar refractivity (Wildman–Crippen MR) is 98.4 cm³/mol. The second-order valence-electron chi connectivity index (χ2n) is 8.98. The summed E-state index contributed by atoms with van der Waals surface area (Å²) in [6.07, 6.45) is 4.40. The van der Waals surface area contributed by atoms with Gasteiger partial charge in [0.2, 0.25) is 15.9 Å². The minimum Gasteiger partial charge on any atom is -0.481 e. The van der Waals surface area contributed by atoms with Crippen molar-refractivity contribution in [2.45, 2.75) is 51.2 Å². The van der Waals surface area contributed by atoms with Crippen LogP contribution in [0.3, 0.4) is 0 Å². The van der Waals surface area contributed by atoms with Gasteiger partial charge in [-0.2, -0.15) is 0 Å². The number of sulfonamides is 1. The lowest BCUT2D eigenvalue weighted by molar-refractivity contribution is -0.128. The van der Waals surface area contributed by atoms with Crippen molar-refractivity contribution in [1.29, 1.82) is 0 Å². The molecule has 1 aromatic heterocycles. The predicted octanol–water partition coefficient (Wildman–Crippen LogP) is 1.47. The number of hydrogen-bond acceptors (Lipinski definition) is 6. The third kappa shape index (κ3) is 2.08. The van der Waals surface area contributed by atoms with Crippen LogP contribution in [0.5, 0.6) is 5.88 Å². The van der Waals surface area contributed by atoms with Crippen LogP contribution in [-0.2, 0) is 14.8 Å². The minimum atomic E-state index is -3.59. The number of nitrogens with zero attached hydrogens (tertiary/aromatic N) is 2. The fourth-order valence-corrected chi connectivity index (χ4v) is 8.71. The highest BCUT2D eigenvalue weighted by atomic mass is 32.2. The molecule has 1 amide bonds. The van der Waals surface area contributed by atoms with Crippen LogP contribution in [0, 0.1) is 16.7 Å². The molecule has 4 aliphatic rings. The summed E-state index contributed by atoms with van der Waals surface area (Å²) >= 11 is 0. The molecule has 5 rings (SSSR count). The van der Waals surface area contributed by atoms with E-state index in [1.807, 2.05) is 6.07 Å². The molecule has 1 N–H and O–H groups in total. The van der Waals surface area contributed by atoms with Crippen molar-refractivity contribution in [3.63, 3.8) is 0 Å². The molecule has 0 aromatic carbocycles. The molecule has 0 radical (unpaired) electrons. The van der Waals surface area contributed by atoms with Gasteiger partial charge in [0.05, 0.1) is 24.9 Å². The van der Waals surface area contributed by atoms with Crippen molar-refractivity contribution in [3.8, 4) is 5.88 Å². The van der Waals surface area contributed by atoms with Crippen molar-refractivity contribution in [2.75, 3.05) is 12.9 Å². The normalized spacial score (nSPS) is 40.0. The fraction of sp³-hybridized carbons (Fsp3) is 0.684. The van der Waals surface area contributed by atoms with E-state index < -0.39 is 16.1 Å². The van der Waals surface area contributed by atoms with Crippen molar-refractivity contribution in [2.24, 2.45) is 16.7 Å². The number of carbonyl (C=O) groups excluding carboxylic acids is 1. The standard InChI is InChI=1S/C19H25N3O4S/c1-18(2)11-6-7-19(18)10-27(24,25)22(13(19)9-11)17(23)15-14(21-15)12-5-4-8-20-16(12)26-3/h4-5,8,11,13-15,21H,6-7,9-10H2,1-3H3/t11-,13-,14-,15-,19-/m0/s1. The Hall–Kier alpha value is -1.67. The van der Waals surface area contributed by atoms with E-state index in [1.165, 1.54) is 11.4 Å². The first-order valence-electron chi connectivity index (χ1n) is 9.54. The number of carbonyl (C=O) groups is 1. The number of amides is 1. The van der Waals surface area contributed by atoms with Gasteiger partial charge in [-0.15, -0.1) is 0 Å². The third-order valence-corrected chi connectivity index (χ3v) is 9.72. The first kappa shape index (κ1) is 17.4. The van der Waals surface area contributed by atoms with Crippen LogP contribution < -0.4 is 10.1 Å². The molecule has 5 atom stereocenters. The van der Waals surface area contributed by atoms with Gasteiger partial charge in [-0.1, -0.05) is 19.9 Å². The van der Waals surface area contributed by atoms with Crippen LogP contribution in [0.4, 0.5) is 0 Å². The van der Waals surface area contributed by atoms with E-state index in [-0.39, 0.29) is 34.6 Å². The van der Waals surface area contributed by atoms with Gasteiger partial charge in [-0.05, 0) is 36.7 Å². The second kappa shape index (κ2) is 5.23. The van der Waals surface area contributed by atoms with Crippen LogP contribution in [0.2, 0.25) is 0 Å². The zero-order valence-electron chi connectivity index (χ0n) is 15.8. The smallest absolute Gasteiger partial charge is 0.255 e. The average Bonchev–Trinajstić information content (AvgIpc) is 3.28. The lowest BCUT2D eigenvalue weighted by atomic mass is 9.69. The monoisotopic (exact) mass is 391 g/mol. The number of ether oxygens (including phenoxy) is 1. The summed E-state index contributed by atoms with van der Waals surface area (Å²) < 4.78 is 32.6. The van der Waals surface area contributed by atoms with E-state index in [2.05, 4.69) is 24.1 Å². The number of rotatable bonds is 3. The minimum absolute atomic E-state index is 0.0390. The summed E-state index contributed by atoms with van der Waals surface area (Å²) in [6.45, 7) is 4.37. The molecule has 0 unspecified atom stereocenters. The van der Waals surface area contributed by atoms with Crippen LogP contribution in [0.25, 0.3) is 0 Å². The zero-order valence-corrected chi connectivity index (χ0v) is 16.6. The molecule has 27 heavy (non-hydrogen) atoms. The van der Waals surface area contributed by atoms with Crippen molar-refractivity contribution >= 4 is 15.9 Å². The SMILES string of the molecule is COc1ncccc1[C@@H]1N[C@@H]1C(=O)N1[C@H]2C[C@@H]3CC[C@@]2(CS1(=O)=O)C3(C)C. The van der Waals surface area contributed by atoms with E-state index in [9.17, 15) is 13.2 Å². The maximum absolute atomic E-state index is 13.3. The van der Waals surface area contributed by atoms with Gasteiger partial charge in [0.15, 0.2) is 0 Å². The van der Waals surface area contributed by atoms with E-state index in [0.29, 0.717) is 11.8 Å². The molecular weight excluding hydrogens is 366 g/mol. The molecule has 2 aliphatic heterocycles. The number of nitrogens with one attached hydrogen (secondary N) is 1. The molecule has 2 aliphatic carbocycles. The first-order chi connectivity index (χ1) is 12.7. The Morgan fingerprint density at radius 1 is 1.41 bits per heavy atom. The van der Waals surface area contributed by atoms with Gasteiger partial charge < -0.3 is 4.74 Å². The summed E-state index contributed by atoms with van der Waals surface area (Å²) in [7, 11) is -2.05. The molecule has 8 heteroatoms. The topological polar surface area (TPSA) is 98.5 Å². The Balaban J connectivity index is 1.45. The molecule has 7 nitrogen and oxygen atoms in total. The molecule has 1 spiro atoms. The number of methoxy groups -OCH3 is 1. The Labute approximate surface area is 159 Å². The van der Waals surface area contributed by atoms with Gasteiger partial charge >= 0.3 is 0 Å². The molecule has 4 fully saturated rings. The lowest BCUT2D eigenvalue weighted by Crippen LogP contribution is -2.46. The summed E-state index contributed by atoms with van der Waals surface area (Å²) in [5.41, 5.74) is 0.462. The summed E-state index contributed by atoms with van der Waals surface area (Å²) in [5, 5.41) is 3.14. The molecule has 146 valence electrons. The second-order valence-corrected chi connectivity index (χ2v) is 10.8. The van der Waals surface area contributed by atoms with Crippen LogP contribution in [0.15, 0.2) is 18.3 Å². The third-order valence-electron chi connectivity index (χ3n) is 7.81. The molecular formula is C19H25N3O4S. The van der Waals surface area contributed by atoms with Crippen molar-refractivity contribution < 1.29 is 17.9 Å². The van der Waals surface area contributed by atoms with E-state index in [4.69, 9.17) is 4.74 Å². The first-order valence-corrected chi connectivity index (χ1v) is 11.1. The average molecular weight is 391 g/mol. The zero-order chi connectivity index (χ0) is 19.2. The van der Waals surface area contributed by atoms with Crippen molar-refractivity contribution in [3.05, 3.63) is 23.9 Å². The molecule has 1 aromatic rings. The van der Waals surface area contributed by atoms with Gasteiger partial charge in [0.1, 0.15) is 6.04 Å². The van der Waals surface area contributed by atoms with Crippen LogP contribution in [-0.4, -0.2) is 48.6 Å². The van der Waals surface area contributed by atoms with E-state index >= 15 is 0 Å². The van der Waals surface area contributed by atoms with Crippen molar-refractivity contribution in [1.82, 2.24) is 14.6 Å². The molecule has 2 bridgehead atoms. The van der Waals surface area contributed by atoms with Gasteiger partial charge in [-0.3, -0.25) is 10.1 Å². The number of pyridine rings is 1. The van der Waals surface area contributed by atoms with Gasteiger partial charge in [0, 0.05) is 17.2 Å². The number of aromatic nitrogens is 1. The van der Waals surface area contributed by atoms with Crippen LogP contribution in [0.1, 0.15) is 44.7 Å². The highest BCUT2D eigenvalue weighted by Gasteiger charge is 2.73. The summed E-state index contributed by atoms with van der Waals surface area (Å²) in [4.78, 5) is 17.4. The largest absolute Gasteiger partial charge is 0.481 e. The Morgan fingerprint density at radius 2 is 2.19 bits per heavy atom. The van der Waals surface area contributed by atoms with E-state index in [1.54, 1.807) is 12.3 Å². The molecule has 3 heterocycles. The molecule has 2 saturated heterocycles. The van der Waals surface area contributed by atoms with Gasteiger partial charge in [-0.25, -0.2) is 17.7 Å².